The molecule has 1 aliphatic rings. The van der Waals surface area contributed by atoms with Crippen molar-refractivity contribution in [1.29, 1.82) is 0 Å². The molecule has 2 aromatic carbocycles. The number of methoxy groups -OCH3 is 1. The Morgan fingerprint density at radius 1 is 1.22 bits per heavy atom. The maximum atomic E-state index is 13.5. The summed E-state index contributed by atoms with van der Waals surface area (Å²) in [4.78, 5) is 31.4. The summed E-state index contributed by atoms with van der Waals surface area (Å²) in [7, 11) is 1.60. The third kappa shape index (κ3) is 4.01. The minimum absolute atomic E-state index is 0.215. The molecule has 2 heterocycles. The van der Waals surface area contributed by atoms with Crippen LogP contribution >= 0.6 is 22.9 Å². The Hall–Kier alpha value is -3.16. The summed E-state index contributed by atoms with van der Waals surface area (Å²) >= 11 is 7.77. The lowest BCUT2D eigenvalue weighted by atomic mass is 9.96. The van der Waals surface area contributed by atoms with Crippen molar-refractivity contribution in [3.63, 3.8) is 0 Å². The maximum absolute atomic E-state index is 13.5. The van der Waals surface area contributed by atoms with Crippen molar-refractivity contribution in [2.45, 2.75) is 19.9 Å². The molecule has 8 heteroatoms. The van der Waals surface area contributed by atoms with Gasteiger partial charge in [-0.25, -0.2) is 9.79 Å². The maximum Gasteiger partial charge on any atom is 0.338 e. The monoisotopic (exact) mass is 468 g/mol. The van der Waals surface area contributed by atoms with Gasteiger partial charge >= 0.3 is 5.97 Å². The molecule has 32 heavy (non-hydrogen) atoms. The first-order chi connectivity index (χ1) is 15.4. The van der Waals surface area contributed by atoms with Gasteiger partial charge in [0.1, 0.15) is 11.8 Å². The number of ether oxygens (including phenoxy) is 2. The van der Waals surface area contributed by atoms with E-state index in [2.05, 4.69) is 4.99 Å². The van der Waals surface area contributed by atoms with Gasteiger partial charge in [-0.2, -0.15) is 0 Å². The Bertz CT molecular complexity index is 1390. The normalized spacial score (nSPS) is 15.9. The van der Waals surface area contributed by atoms with E-state index in [4.69, 9.17) is 21.1 Å². The largest absolute Gasteiger partial charge is 0.497 e. The van der Waals surface area contributed by atoms with E-state index in [1.54, 1.807) is 39.2 Å². The first-order valence-corrected chi connectivity index (χ1v) is 11.2. The van der Waals surface area contributed by atoms with E-state index in [1.807, 2.05) is 36.4 Å². The molecule has 0 aliphatic carbocycles. The summed E-state index contributed by atoms with van der Waals surface area (Å²) in [6.07, 6.45) is 1.80. The van der Waals surface area contributed by atoms with E-state index in [-0.39, 0.29) is 12.2 Å². The number of halogens is 1. The highest BCUT2D eigenvalue weighted by Gasteiger charge is 2.34. The fourth-order valence-corrected chi connectivity index (χ4v) is 4.92. The predicted molar refractivity (Wildman–Crippen MR) is 125 cm³/mol. The van der Waals surface area contributed by atoms with E-state index in [0.29, 0.717) is 31.2 Å². The molecule has 0 saturated carbocycles. The molecule has 0 N–H and O–H groups in total. The number of carbonyl (C=O) groups excluding carboxylic acids is 1. The van der Waals surface area contributed by atoms with Gasteiger partial charge in [-0.1, -0.05) is 53.3 Å². The van der Waals surface area contributed by atoms with E-state index < -0.39 is 12.0 Å². The number of hydrogen-bond donors (Lipinski definition) is 0. The zero-order valence-corrected chi connectivity index (χ0v) is 19.4. The number of carbonyl (C=O) groups is 1. The van der Waals surface area contributed by atoms with Crippen LogP contribution in [0.3, 0.4) is 0 Å². The standard InChI is InChI=1S/C24H21ClN2O4S/c1-4-31-23(29)20-14(2)26-24-27(21(20)17-7-5-6-8-18(17)25)22(28)19(32-24)13-15-9-11-16(30-3)12-10-15/h5-13,21H,4H2,1-3H3/b19-13-. The van der Waals surface area contributed by atoms with Crippen LogP contribution in [0, 0.1) is 0 Å². The second-order valence-corrected chi connectivity index (χ2v) is 8.51. The van der Waals surface area contributed by atoms with Crippen LogP contribution in [-0.2, 0) is 9.53 Å². The number of fused-ring (bicyclic) bond motifs is 1. The van der Waals surface area contributed by atoms with Crippen LogP contribution in [0.25, 0.3) is 6.08 Å². The molecule has 0 spiro atoms. The molecule has 1 aromatic heterocycles. The third-order valence-corrected chi connectivity index (χ3v) is 6.46. The fourth-order valence-electron chi connectivity index (χ4n) is 3.63. The zero-order valence-electron chi connectivity index (χ0n) is 17.8. The summed E-state index contributed by atoms with van der Waals surface area (Å²) in [5.74, 6) is 0.222. The molecule has 3 aromatic rings. The highest BCUT2D eigenvalue weighted by molar-refractivity contribution is 7.07. The van der Waals surface area contributed by atoms with Crippen LogP contribution in [0.1, 0.15) is 31.0 Å². The number of allylic oxidation sites excluding steroid dienone is 1. The van der Waals surface area contributed by atoms with Crippen LogP contribution in [0.5, 0.6) is 5.75 Å². The molecule has 6 nitrogen and oxygen atoms in total. The Kier molecular flexibility index (Phi) is 6.30. The van der Waals surface area contributed by atoms with Gasteiger partial charge in [-0.05, 0) is 49.2 Å². The van der Waals surface area contributed by atoms with E-state index in [9.17, 15) is 9.59 Å². The highest BCUT2D eigenvalue weighted by Crippen LogP contribution is 2.34. The van der Waals surface area contributed by atoms with Crippen molar-refractivity contribution in [3.8, 4) is 5.75 Å². The van der Waals surface area contributed by atoms with Crippen LogP contribution in [0.4, 0.5) is 0 Å². The van der Waals surface area contributed by atoms with Gasteiger partial charge in [0.05, 0.1) is 29.5 Å². The van der Waals surface area contributed by atoms with Gasteiger partial charge in [0.15, 0.2) is 4.80 Å². The molecule has 1 atom stereocenters. The van der Waals surface area contributed by atoms with E-state index in [0.717, 1.165) is 11.3 Å². The SMILES string of the molecule is CCOC(=O)C1=C(C)N=c2s/c(=C\c3ccc(OC)cc3)c(=O)n2C1c1ccccc1Cl. The van der Waals surface area contributed by atoms with Crippen molar-refractivity contribution < 1.29 is 14.3 Å². The number of nitrogens with zero attached hydrogens (tertiary/aromatic N) is 2. The molecule has 0 saturated heterocycles. The van der Waals surface area contributed by atoms with Crippen molar-refractivity contribution >= 4 is 35.0 Å². The molecule has 0 fully saturated rings. The fraction of sp³-hybridized carbons (Fsp3) is 0.208. The van der Waals surface area contributed by atoms with E-state index >= 15 is 0 Å². The lowest BCUT2D eigenvalue weighted by Gasteiger charge is -2.25. The van der Waals surface area contributed by atoms with Crippen molar-refractivity contribution in [1.82, 2.24) is 4.57 Å². The smallest absolute Gasteiger partial charge is 0.338 e. The van der Waals surface area contributed by atoms with Gasteiger partial charge in [-0.3, -0.25) is 9.36 Å². The number of hydrogen-bond acceptors (Lipinski definition) is 6. The molecule has 0 amide bonds. The number of esters is 1. The minimum atomic E-state index is -0.725. The molecular formula is C24H21ClN2O4S. The molecule has 4 rings (SSSR count). The molecule has 0 radical (unpaired) electrons. The number of thiazole rings is 1. The second-order valence-electron chi connectivity index (χ2n) is 7.10. The molecule has 1 unspecified atom stereocenters. The topological polar surface area (TPSA) is 69.9 Å². The molecule has 164 valence electrons. The van der Waals surface area contributed by atoms with Crippen molar-refractivity contribution in [2.24, 2.45) is 4.99 Å². The minimum Gasteiger partial charge on any atom is -0.497 e. The number of rotatable bonds is 5. The van der Waals surface area contributed by atoms with Crippen molar-refractivity contribution in [3.05, 3.63) is 95.6 Å². The summed E-state index contributed by atoms with van der Waals surface area (Å²) in [5.41, 5.74) is 2.06. The van der Waals surface area contributed by atoms with Gasteiger partial charge in [0.25, 0.3) is 5.56 Å². The lowest BCUT2D eigenvalue weighted by Crippen LogP contribution is -2.40. The van der Waals surface area contributed by atoms with Crippen LogP contribution in [0.2, 0.25) is 5.02 Å². The number of benzene rings is 2. The van der Waals surface area contributed by atoms with Gasteiger partial charge < -0.3 is 9.47 Å². The first-order valence-electron chi connectivity index (χ1n) is 10.0. The Labute approximate surface area is 193 Å². The van der Waals surface area contributed by atoms with Gasteiger partial charge in [0, 0.05) is 5.02 Å². The average Bonchev–Trinajstić information content (AvgIpc) is 3.08. The first kappa shape index (κ1) is 22.0. The quantitative estimate of drug-likeness (QED) is 0.538. The Balaban J connectivity index is 1.94. The Morgan fingerprint density at radius 2 is 1.94 bits per heavy atom. The van der Waals surface area contributed by atoms with E-state index in [1.165, 1.54) is 15.9 Å². The average molecular weight is 469 g/mol. The van der Waals surface area contributed by atoms with Crippen LogP contribution in [0.15, 0.2) is 69.6 Å². The van der Waals surface area contributed by atoms with Crippen LogP contribution < -0.4 is 19.6 Å². The summed E-state index contributed by atoms with van der Waals surface area (Å²) in [6, 6.07) is 13.9. The highest BCUT2D eigenvalue weighted by atomic mass is 35.5. The molecule has 1 aliphatic heterocycles. The van der Waals surface area contributed by atoms with Crippen LogP contribution in [-0.4, -0.2) is 24.3 Å². The molecule has 0 bridgehead atoms. The lowest BCUT2D eigenvalue weighted by molar-refractivity contribution is -0.139. The summed E-state index contributed by atoms with van der Waals surface area (Å²) in [6.45, 7) is 3.70. The molecular weight excluding hydrogens is 448 g/mol. The predicted octanol–water partition coefficient (Wildman–Crippen LogP) is 3.46. The zero-order chi connectivity index (χ0) is 22.8. The second kappa shape index (κ2) is 9.14. The Morgan fingerprint density at radius 3 is 2.59 bits per heavy atom. The van der Waals surface area contributed by atoms with Crippen molar-refractivity contribution in [2.75, 3.05) is 13.7 Å². The van der Waals surface area contributed by atoms with Gasteiger partial charge in [0.2, 0.25) is 0 Å². The van der Waals surface area contributed by atoms with Gasteiger partial charge in [-0.15, -0.1) is 0 Å². The summed E-state index contributed by atoms with van der Waals surface area (Å²) < 4.78 is 12.5. The summed E-state index contributed by atoms with van der Waals surface area (Å²) in [5, 5.41) is 0.457. The number of aromatic nitrogens is 1. The third-order valence-electron chi connectivity index (χ3n) is 5.13.